The van der Waals surface area contributed by atoms with E-state index in [9.17, 15) is 0 Å². The molecule has 0 saturated carbocycles. The van der Waals surface area contributed by atoms with Crippen molar-refractivity contribution in [3.63, 3.8) is 0 Å². The number of nitrogens with one attached hydrogen (secondary N) is 1. The number of nitrogens with zero attached hydrogens (tertiary/aromatic N) is 3. The van der Waals surface area contributed by atoms with Gasteiger partial charge in [-0.3, -0.25) is 0 Å². The van der Waals surface area contributed by atoms with Gasteiger partial charge in [0.05, 0.1) is 0 Å². The number of hydrogen-bond donors (Lipinski definition) is 2. The number of piperidine rings is 1. The maximum atomic E-state index is 5.60. The third-order valence-electron chi connectivity index (χ3n) is 3.95. The van der Waals surface area contributed by atoms with E-state index in [4.69, 9.17) is 5.84 Å². The van der Waals surface area contributed by atoms with Crippen LogP contribution in [0, 0.1) is 0 Å². The molecule has 3 N–H and O–H groups in total. The molecule has 1 aromatic rings. The van der Waals surface area contributed by atoms with Crippen molar-refractivity contribution in [1.29, 1.82) is 0 Å². The molecule has 1 atom stereocenters. The van der Waals surface area contributed by atoms with Gasteiger partial charge in [0, 0.05) is 18.2 Å². The number of nitrogens with two attached hydrogens (primary N) is 1. The van der Waals surface area contributed by atoms with E-state index in [1.807, 2.05) is 0 Å². The van der Waals surface area contributed by atoms with Crippen LogP contribution in [0.25, 0.3) is 0 Å². The summed E-state index contributed by atoms with van der Waals surface area (Å²) in [7, 11) is 0. The van der Waals surface area contributed by atoms with Gasteiger partial charge in [0.15, 0.2) is 0 Å². The third-order valence-corrected chi connectivity index (χ3v) is 3.95. The minimum Gasteiger partial charge on any atom is -0.353 e. The lowest BCUT2D eigenvalue weighted by atomic mass is 9.97. The zero-order chi connectivity index (χ0) is 13.8. The van der Waals surface area contributed by atoms with E-state index >= 15 is 0 Å². The molecule has 0 bridgehead atoms. The number of aromatic nitrogens is 2. The van der Waals surface area contributed by atoms with Crippen molar-refractivity contribution in [2.75, 3.05) is 16.9 Å². The number of nitrogen functional groups attached to an aromatic ring is 1. The van der Waals surface area contributed by atoms with Crippen LogP contribution in [0.3, 0.4) is 0 Å². The fourth-order valence-electron chi connectivity index (χ4n) is 2.97. The molecular weight excluding hydrogens is 238 g/mol. The van der Waals surface area contributed by atoms with E-state index < -0.39 is 0 Å². The molecule has 1 unspecified atom stereocenters. The summed E-state index contributed by atoms with van der Waals surface area (Å²) in [6.45, 7) is 7.66. The van der Waals surface area contributed by atoms with Crippen LogP contribution < -0.4 is 16.2 Å². The molecule has 2 rings (SSSR count). The highest BCUT2D eigenvalue weighted by Crippen LogP contribution is 2.34. The molecule has 0 amide bonds. The molecule has 5 heteroatoms. The van der Waals surface area contributed by atoms with Crippen LogP contribution in [0.2, 0.25) is 0 Å². The van der Waals surface area contributed by atoms with Crippen molar-refractivity contribution < 1.29 is 0 Å². The van der Waals surface area contributed by atoms with Gasteiger partial charge in [0.2, 0.25) is 0 Å². The Morgan fingerprint density at radius 2 is 2.21 bits per heavy atom. The summed E-state index contributed by atoms with van der Waals surface area (Å²) in [6.07, 6.45) is 6.58. The topological polar surface area (TPSA) is 67.1 Å². The number of rotatable bonds is 4. The summed E-state index contributed by atoms with van der Waals surface area (Å²) in [5, 5.41) is 0. The van der Waals surface area contributed by atoms with E-state index in [-0.39, 0.29) is 0 Å². The predicted molar refractivity (Wildman–Crippen MR) is 79.2 cm³/mol. The average molecular weight is 263 g/mol. The molecule has 2 heterocycles. The molecule has 1 aliphatic rings. The molecule has 0 radical (unpaired) electrons. The average Bonchev–Trinajstić information content (AvgIpc) is 2.46. The zero-order valence-electron chi connectivity index (χ0n) is 12.2. The monoisotopic (exact) mass is 263 g/mol. The molecule has 106 valence electrons. The summed E-state index contributed by atoms with van der Waals surface area (Å²) < 4.78 is 0. The largest absolute Gasteiger partial charge is 0.353 e. The second-order valence-corrected chi connectivity index (χ2v) is 5.51. The fourth-order valence-corrected chi connectivity index (χ4v) is 2.97. The minimum absolute atomic E-state index is 0.349. The van der Waals surface area contributed by atoms with Gasteiger partial charge < -0.3 is 10.3 Å². The molecule has 1 aliphatic heterocycles. The molecule has 0 aliphatic carbocycles. The van der Waals surface area contributed by atoms with Gasteiger partial charge in [-0.2, -0.15) is 0 Å². The first-order valence-corrected chi connectivity index (χ1v) is 7.27. The van der Waals surface area contributed by atoms with E-state index in [0.29, 0.717) is 12.0 Å². The number of anilines is 2. The molecule has 1 fully saturated rings. The first kappa shape index (κ1) is 14.1. The second-order valence-electron chi connectivity index (χ2n) is 5.51. The first-order chi connectivity index (χ1) is 9.19. The van der Waals surface area contributed by atoms with Gasteiger partial charge in [-0.25, -0.2) is 15.8 Å². The molecule has 0 aromatic carbocycles. The van der Waals surface area contributed by atoms with Crippen molar-refractivity contribution >= 4 is 11.6 Å². The summed E-state index contributed by atoms with van der Waals surface area (Å²) in [5.41, 5.74) is 3.84. The highest BCUT2D eigenvalue weighted by molar-refractivity contribution is 5.60. The molecule has 19 heavy (non-hydrogen) atoms. The Morgan fingerprint density at radius 3 is 2.84 bits per heavy atom. The van der Waals surface area contributed by atoms with Gasteiger partial charge >= 0.3 is 0 Å². The van der Waals surface area contributed by atoms with Gasteiger partial charge in [0.25, 0.3) is 0 Å². The van der Waals surface area contributed by atoms with Crippen LogP contribution in [-0.2, 0) is 0 Å². The summed E-state index contributed by atoms with van der Waals surface area (Å²) in [6, 6.07) is 0.590. The molecule has 0 spiro atoms. The van der Waals surface area contributed by atoms with Gasteiger partial charge in [-0.15, -0.1) is 0 Å². The summed E-state index contributed by atoms with van der Waals surface area (Å²) in [5.74, 6) is 7.75. The van der Waals surface area contributed by atoms with Crippen LogP contribution >= 0.6 is 0 Å². The van der Waals surface area contributed by atoms with E-state index in [2.05, 4.69) is 41.1 Å². The Morgan fingerprint density at radius 1 is 1.42 bits per heavy atom. The minimum atomic E-state index is 0.349. The SMILES string of the molecule is CCC1CCCCN1c1ncnc(NN)c1C(C)C. The molecule has 1 saturated heterocycles. The van der Waals surface area contributed by atoms with Gasteiger partial charge in [0.1, 0.15) is 18.0 Å². The van der Waals surface area contributed by atoms with E-state index in [1.165, 1.54) is 19.3 Å². The Labute approximate surface area is 115 Å². The van der Waals surface area contributed by atoms with E-state index in [1.54, 1.807) is 6.33 Å². The van der Waals surface area contributed by atoms with Crippen LogP contribution in [0.5, 0.6) is 0 Å². The van der Waals surface area contributed by atoms with Crippen LogP contribution in [-0.4, -0.2) is 22.6 Å². The van der Waals surface area contributed by atoms with Crippen molar-refractivity contribution in [2.24, 2.45) is 5.84 Å². The highest BCUT2D eigenvalue weighted by Gasteiger charge is 2.26. The van der Waals surface area contributed by atoms with Crippen molar-refractivity contribution in [3.05, 3.63) is 11.9 Å². The number of hydrazine groups is 1. The van der Waals surface area contributed by atoms with Crippen molar-refractivity contribution in [1.82, 2.24) is 9.97 Å². The summed E-state index contributed by atoms with van der Waals surface area (Å²) >= 11 is 0. The summed E-state index contributed by atoms with van der Waals surface area (Å²) in [4.78, 5) is 11.2. The first-order valence-electron chi connectivity index (χ1n) is 7.27. The van der Waals surface area contributed by atoms with Crippen molar-refractivity contribution in [3.8, 4) is 0 Å². The Kier molecular flexibility index (Phi) is 4.58. The third kappa shape index (κ3) is 2.81. The Bertz CT molecular complexity index is 418. The van der Waals surface area contributed by atoms with Gasteiger partial charge in [-0.1, -0.05) is 20.8 Å². The van der Waals surface area contributed by atoms with Gasteiger partial charge in [-0.05, 0) is 31.6 Å². The van der Waals surface area contributed by atoms with Crippen molar-refractivity contribution in [2.45, 2.75) is 58.4 Å². The highest BCUT2D eigenvalue weighted by atomic mass is 15.3. The lowest BCUT2D eigenvalue weighted by Gasteiger charge is -2.37. The second kappa shape index (κ2) is 6.19. The fraction of sp³-hybridized carbons (Fsp3) is 0.714. The smallest absolute Gasteiger partial charge is 0.148 e. The molecular formula is C14H25N5. The predicted octanol–water partition coefficient (Wildman–Crippen LogP) is 2.65. The number of hydrogen-bond acceptors (Lipinski definition) is 5. The standard InChI is InChI=1S/C14H25N5/c1-4-11-7-5-6-8-19(11)14-12(10(2)3)13(18-15)16-9-17-14/h9-11H,4-8,15H2,1-3H3,(H,16,17,18). The maximum Gasteiger partial charge on any atom is 0.148 e. The van der Waals surface area contributed by atoms with Crippen LogP contribution in [0.15, 0.2) is 6.33 Å². The lowest BCUT2D eigenvalue weighted by molar-refractivity contribution is 0.445. The Hall–Kier alpha value is -1.36. The van der Waals surface area contributed by atoms with Crippen LogP contribution in [0.4, 0.5) is 11.6 Å². The normalized spacial score (nSPS) is 19.8. The Balaban J connectivity index is 2.42. The zero-order valence-corrected chi connectivity index (χ0v) is 12.2. The quantitative estimate of drug-likeness (QED) is 0.645. The maximum absolute atomic E-state index is 5.60. The van der Waals surface area contributed by atoms with E-state index in [0.717, 1.165) is 30.2 Å². The van der Waals surface area contributed by atoms with Crippen LogP contribution in [0.1, 0.15) is 57.9 Å². The molecule has 5 nitrogen and oxygen atoms in total. The molecule has 1 aromatic heterocycles. The lowest BCUT2D eigenvalue weighted by Crippen LogP contribution is -2.40.